The smallest absolute Gasteiger partial charge is 0.138 e. The number of hydrogen-bond acceptors (Lipinski definition) is 2. The maximum Gasteiger partial charge on any atom is 0.138 e. The van der Waals surface area contributed by atoms with Gasteiger partial charge in [-0.2, -0.15) is 5.10 Å². The summed E-state index contributed by atoms with van der Waals surface area (Å²) in [5.74, 6) is 0.652. The SMILES string of the molecule is C=Cc1cnn2ccc(-c3c[nH]c4nc(C5CCC5)ccc34)cc12. The Morgan fingerprint density at radius 2 is 2.17 bits per heavy atom. The molecule has 5 rings (SSSR count). The highest BCUT2D eigenvalue weighted by molar-refractivity contribution is 5.94. The van der Waals surface area contributed by atoms with Crippen molar-refractivity contribution in [3.05, 3.63) is 60.7 Å². The fourth-order valence-electron chi connectivity index (χ4n) is 3.51. The topological polar surface area (TPSA) is 46.0 Å². The third kappa shape index (κ3) is 1.92. The molecule has 0 bridgehead atoms. The van der Waals surface area contributed by atoms with E-state index in [-0.39, 0.29) is 0 Å². The molecule has 1 N–H and O–H groups in total. The average Bonchev–Trinajstić information content (AvgIpc) is 3.15. The van der Waals surface area contributed by atoms with Gasteiger partial charge >= 0.3 is 0 Å². The van der Waals surface area contributed by atoms with Crippen LogP contribution in [0.15, 0.2) is 49.4 Å². The van der Waals surface area contributed by atoms with E-state index in [0.717, 1.165) is 22.3 Å². The zero-order chi connectivity index (χ0) is 16.1. The normalized spacial score (nSPS) is 15.0. The number of rotatable bonds is 3. The Labute approximate surface area is 139 Å². The lowest BCUT2D eigenvalue weighted by Crippen LogP contribution is -2.10. The fraction of sp³-hybridized carbons (Fsp3) is 0.200. The summed E-state index contributed by atoms with van der Waals surface area (Å²) in [5, 5.41) is 5.51. The molecule has 0 aliphatic heterocycles. The minimum absolute atomic E-state index is 0.652. The summed E-state index contributed by atoms with van der Waals surface area (Å²) >= 11 is 0. The van der Waals surface area contributed by atoms with Gasteiger partial charge in [-0.25, -0.2) is 9.50 Å². The van der Waals surface area contributed by atoms with Crippen LogP contribution in [0.3, 0.4) is 0 Å². The van der Waals surface area contributed by atoms with Crippen molar-refractivity contribution in [3.63, 3.8) is 0 Å². The molecule has 4 aromatic rings. The summed E-state index contributed by atoms with van der Waals surface area (Å²) in [4.78, 5) is 8.19. The molecule has 0 spiro atoms. The quantitative estimate of drug-likeness (QED) is 0.591. The molecule has 24 heavy (non-hydrogen) atoms. The van der Waals surface area contributed by atoms with E-state index >= 15 is 0 Å². The van der Waals surface area contributed by atoms with E-state index in [0.29, 0.717) is 5.92 Å². The molecule has 1 fully saturated rings. The van der Waals surface area contributed by atoms with Crippen molar-refractivity contribution < 1.29 is 0 Å². The van der Waals surface area contributed by atoms with Crippen LogP contribution in [0.25, 0.3) is 33.8 Å². The van der Waals surface area contributed by atoms with Crippen molar-refractivity contribution in [3.8, 4) is 11.1 Å². The summed E-state index contributed by atoms with van der Waals surface area (Å²) in [6, 6.07) is 8.65. The van der Waals surface area contributed by atoms with Crippen molar-refractivity contribution in [2.45, 2.75) is 25.2 Å². The van der Waals surface area contributed by atoms with Gasteiger partial charge in [0.2, 0.25) is 0 Å². The van der Waals surface area contributed by atoms with Crippen LogP contribution in [-0.4, -0.2) is 19.6 Å². The Kier molecular flexibility index (Phi) is 2.86. The van der Waals surface area contributed by atoms with Gasteiger partial charge in [0.25, 0.3) is 0 Å². The predicted octanol–water partition coefficient (Wildman–Crippen LogP) is 4.79. The first-order chi connectivity index (χ1) is 11.8. The van der Waals surface area contributed by atoms with Crippen LogP contribution in [0, 0.1) is 0 Å². The van der Waals surface area contributed by atoms with E-state index in [1.807, 2.05) is 23.0 Å². The minimum atomic E-state index is 0.652. The lowest BCUT2D eigenvalue weighted by molar-refractivity contribution is 0.412. The van der Waals surface area contributed by atoms with Gasteiger partial charge in [-0.05, 0) is 42.7 Å². The fourth-order valence-corrected chi connectivity index (χ4v) is 3.51. The summed E-state index contributed by atoms with van der Waals surface area (Å²) in [6.45, 7) is 3.87. The largest absolute Gasteiger partial charge is 0.346 e. The molecule has 1 saturated carbocycles. The van der Waals surface area contributed by atoms with E-state index in [1.54, 1.807) is 0 Å². The maximum atomic E-state index is 4.84. The van der Waals surface area contributed by atoms with E-state index < -0.39 is 0 Å². The number of hydrogen-bond donors (Lipinski definition) is 1. The highest BCUT2D eigenvalue weighted by Gasteiger charge is 2.21. The number of H-pyrrole nitrogens is 1. The van der Waals surface area contributed by atoms with Crippen molar-refractivity contribution in [2.24, 2.45) is 0 Å². The molecule has 0 saturated heterocycles. The minimum Gasteiger partial charge on any atom is -0.346 e. The first-order valence-corrected chi connectivity index (χ1v) is 8.42. The molecule has 4 heteroatoms. The highest BCUT2D eigenvalue weighted by atomic mass is 15.2. The third-order valence-electron chi connectivity index (χ3n) is 5.17. The molecular formula is C20H18N4. The number of nitrogens with one attached hydrogen (secondary N) is 1. The van der Waals surface area contributed by atoms with Gasteiger partial charge in [-0.3, -0.25) is 0 Å². The Hall–Kier alpha value is -2.88. The van der Waals surface area contributed by atoms with Crippen molar-refractivity contribution in [1.82, 2.24) is 19.6 Å². The molecule has 4 nitrogen and oxygen atoms in total. The van der Waals surface area contributed by atoms with Crippen LogP contribution < -0.4 is 0 Å². The zero-order valence-electron chi connectivity index (χ0n) is 13.4. The van der Waals surface area contributed by atoms with Gasteiger partial charge in [-0.15, -0.1) is 0 Å². The van der Waals surface area contributed by atoms with Crippen LogP contribution in [0.5, 0.6) is 0 Å². The van der Waals surface area contributed by atoms with Gasteiger partial charge in [0.05, 0.1) is 11.7 Å². The lowest BCUT2D eigenvalue weighted by Gasteiger charge is -2.24. The first-order valence-electron chi connectivity index (χ1n) is 8.42. The highest BCUT2D eigenvalue weighted by Crippen LogP contribution is 2.37. The molecule has 0 radical (unpaired) electrons. The van der Waals surface area contributed by atoms with E-state index in [4.69, 9.17) is 4.98 Å². The second-order valence-corrected chi connectivity index (χ2v) is 6.51. The van der Waals surface area contributed by atoms with Crippen LogP contribution >= 0.6 is 0 Å². The second kappa shape index (κ2) is 5.06. The average molecular weight is 314 g/mol. The molecule has 4 aromatic heterocycles. The molecule has 1 aliphatic rings. The third-order valence-corrected chi connectivity index (χ3v) is 5.17. The molecule has 0 amide bonds. The predicted molar refractivity (Wildman–Crippen MR) is 97.0 cm³/mol. The maximum absolute atomic E-state index is 4.84. The molecular weight excluding hydrogens is 296 g/mol. The monoisotopic (exact) mass is 314 g/mol. The Balaban J connectivity index is 1.64. The number of aromatic amines is 1. The van der Waals surface area contributed by atoms with Gasteiger partial charge in [0.1, 0.15) is 5.65 Å². The summed E-state index contributed by atoms with van der Waals surface area (Å²) in [5.41, 5.74) is 6.65. The van der Waals surface area contributed by atoms with E-state index in [9.17, 15) is 0 Å². The Morgan fingerprint density at radius 3 is 2.96 bits per heavy atom. The van der Waals surface area contributed by atoms with E-state index in [1.165, 1.54) is 35.9 Å². The van der Waals surface area contributed by atoms with Crippen LogP contribution in [0.1, 0.15) is 36.4 Å². The van der Waals surface area contributed by atoms with Gasteiger partial charge in [0, 0.05) is 40.5 Å². The molecule has 0 atom stereocenters. The number of nitrogens with zero attached hydrogens (tertiary/aromatic N) is 3. The van der Waals surface area contributed by atoms with Crippen molar-refractivity contribution in [2.75, 3.05) is 0 Å². The molecule has 0 aromatic carbocycles. The summed E-state index contributed by atoms with van der Waals surface area (Å²) < 4.78 is 1.88. The van der Waals surface area contributed by atoms with E-state index in [2.05, 4.69) is 47.1 Å². The van der Waals surface area contributed by atoms with Crippen LogP contribution in [0.2, 0.25) is 0 Å². The first kappa shape index (κ1) is 13.5. The molecule has 1 aliphatic carbocycles. The van der Waals surface area contributed by atoms with Crippen LogP contribution in [0.4, 0.5) is 0 Å². The number of pyridine rings is 2. The molecule has 0 unspecified atom stereocenters. The van der Waals surface area contributed by atoms with Gasteiger partial charge in [0.15, 0.2) is 0 Å². The summed E-state index contributed by atoms with van der Waals surface area (Å²) in [6.07, 6.45) is 11.6. The van der Waals surface area contributed by atoms with Gasteiger partial charge < -0.3 is 4.98 Å². The van der Waals surface area contributed by atoms with Gasteiger partial charge in [-0.1, -0.05) is 19.1 Å². The molecule has 118 valence electrons. The number of aromatic nitrogens is 4. The molecule has 4 heterocycles. The summed E-state index contributed by atoms with van der Waals surface area (Å²) in [7, 11) is 0. The lowest BCUT2D eigenvalue weighted by atomic mass is 9.82. The Morgan fingerprint density at radius 1 is 1.25 bits per heavy atom. The number of fused-ring (bicyclic) bond motifs is 2. The second-order valence-electron chi connectivity index (χ2n) is 6.51. The Bertz CT molecular complexity index is 1070. The van der Waals surface area contributed by atoms with Crippen LogP contribution in [-0.2, 0) is 0 Å². The van der Waals surface area contributed by atoms with Crippen molar-refractivity contribution >= 4 is 22.6 Å². The standard InChI is InChI=1S/C20H18N4/c1-2-13-11-22-24-9-8-15(10-19(13)24)17-12-21-20-16(17)6-7-18(23-20)14-4-3-5-14/h2,6-12,14H,1,3-5H2,(H,21,23). The van der Waals surface area contributed by atoms with Crippen molar-refractivity contribution in [1.29, 1.82) is 0 Å². The zero-order valence-corrected chi connectivity index (χ0v) is 13.4.